The maximum atomic E-state index is 3.66. The molecule has 0 heterocycles. The Hall–Kier alpha value is -0.520. The van der Waals surface area contributed by atoms with Crippen molar-refractivity contribution in [2.75, 3.05) is 0 Å². The first kappa shape index (κ1) is 9.48. The van der Waals surface area contributed by atoms with Crippen LogP contribution in [0, 0.1) is 6.42 Å². The van der Waals surface area contributed by atoms with Crippen molar-refractivity contribution in [1.29, 1.82) is 0 Å². The molecule has 0 spiro atoms. The summed E-state index contributed by atoms with van der Waals surface area (Å²) in [7, 11) is 0. The third-order valence-corrected chi connectivity index (χ3v) is 1.32. The Balaban J connectivity index is 2.94. The van der Waals surface area contributed by atoms with E-state index in [9.17, 15) is 0 Å². The van der Waals surface area contributed by atoms with Crippen LogP contribution < -0.4 is 0 Å². The third-order valence-electron chi connectivity index (χ3n) is 1.32. The number of allylic oxidation sites excluding steroid dienone is 3. The lowest BCUT2D eigenvalue weighted by molar-refractivity contribution is 0.866. The van der Waals surface area contributed by atoms with Crippen molar-refractivity contribution >= 4 is 0 Å². The van der Waals surface area contributed by atoms with Crippen LogP contribution in [-0.2, 0) is 0 Å². The molecule has 0 aliphatic rings. The Kier molecular flexibility index (Phi) is 8.04. The average molecular weight is 137 g/mol. The van der Waals surface area contributed by atoms with Gasteiger partial charge in [-0.25, -0.2) is 0 Å². The van der Waals surface area contributed by atoms with E-state index in [0.29, 0.717) is 0 Å². The number of hydrogen-bond acceptors (Lipinski definition) is 0. The number of hydrogen-bond donors (Lipinski definition) is 0. The number of rotatable bonds is 6. The molecule has 0 aliphatic heterocycles. The second kappa shape index (κ2) is 8.48. The van der Waals surface area contributed by atoms with E-state index >= 15 is 0 Å². The van der Waals surface area contributed by atoms with Crippen LogP contribution in [0.3, 0.4) is 0 Å². The van der Waals surface area contributed by atoms with Crippen molar-refractivity contribution < 1.29 is 0 Å². The van der Waals surface area contributed by atoms with E-state index in [-0.39, 0.29) is 0 Å². The predicted octanol–water partition coefficient (Wildman–Crippen LogP) is 3.51. The van der Waals surface area contributed by atoms with Gasteiger partial charge in [-0.15, -0.1) is 6.58 Å². The van der Waals surface area contributed by atoms with Gasteiger partial charge >= 0.3 is 0 Å². The van der Waals surface area contributed by atoms with Gasteiger partial charge < -0.3 is 0 Å². The fraction of sp³-hybridized carbons (Fsp3) is 0.500. The van der Waals surface area contributed by atoms with E-state index in [1.165, 1.54) is 12.8 Å². The summed E-state index contributed by atoms with van der Waals surface area (Å²) in [6, 6.07) is 0. The number of unbranched alkanes of at least 4 members (excludes halogenated alkanes) is 3. The minimum Gasteiger partial charge on any atom is -0.103 e. The monoisotopic (exact) mass is 137 g/mol. The third kappa shape index (κ3) is 7.48. The molecule has 0 aromatic heterocycles. The van der Waals surface area contributed by atoms with Gasteiger partial charge in [0.2, 0.25) is 0 Å². The second-order valence-corrected chi connectivity index (χ2v) is 2.33. The molecular formula is C10H17. The fourth-order valence-corrected chi connectivity index (χ4v) is 0.730. The van der Waals surface area contributed by atoms with Gasteiger partial charge in [0, 0.05) is 0 Å². The van der Waals surface area contributed by atoms with E-state index < -0.39 is 0 Å². The molecule has 0 rings (SSSR count). The molecule has 1 radical (unpaired) electrons. The Morgan fingerprint density at radius 3 is 2.60 bits per heavy atom. The van der Waals surface area contributed by atoms with Gasteiger partial charge in [-0.1, -0.05) is 25.2 Å². The standard InChI is InChI=1S/C10H17/c1-3-5-7-9-10-8-6-4-2/h3-4,8,10H,1,5-7,9H2,2H3. The molecule has 0 unspecified atom stereocenters. The predicted molar refractivity (Wildman–Crippen MR) is 47.8 cm³/mol. The smallest absolute Gasteiger partial charge is 0.0322 e. The molecule has 0 atom stereocenters. The van der Waals surface area contributed by atoms with Gasteiger partial charge in [-0.05, 0) is 32.1 Å². The van der Waals surface area contributed by atoms with Crippen LogP contribution in [0.1, 0.15) is 32.6 Å². The highest BCUT2D eigenvalue weighted by Gasteiger charge is 1.78. The zero-order chi connectivity index (χ0) is 7.66. The molecule has 0 saturated carbocycles. The van der Waals surface area contributed by atoms with E-state index in [0.717, 1.165) is 12.8 Å². The molecule has 0 saturated heterocycles. The van der Waals surface area contributed by atoms with Crippen LogP contribution in [-0.4, -0.2) is 0 Å². The van der Waals surface area contributed by atoms with Gasteiger partial charge in [0.25, 0.3) is 0 Å². The van der Waals surface area contributed by atoms with Crippen molar-refractivity contribution in [1.82, 2.24) is 0 Å². The lowest BCUT2D eigenvalue weighted by Crippen LogP contribution is -1.68. The lowest BCUT2D eigenvalue weighted by Gasteiger charge is -1.88. The fourth-order valence-electron chi connectivity index (χ4n) is 0.730. The minimum absolute atomic E-state index is 1.11. The lowest BCUT2D eigenvalue weighted by atomic mass is 10.2. The van der Waals surface area contributed by atoms with Crippen LogP contribution in [0.2, 0.25) is 0 Å². The molecule has 0 aromatic carbocycles. The zero-order valence-corrected chi connectivity index (χ0v) is 6.84. The van der Waals surface area contributed by atoms with Crippen LogP contribution in [0.4, 0.5) is 0 Å². The van der Waals surface area contributed by atoms with Crippen molar-refractivity contribution in [2.45, 2.75) is 32.6 Å². The largest absolute Gasteiger partial charge is 0.103 e. The molecule has 0 bridgehead atoms. The first-order valence-corrected chi connectivity index (χ1v) is 3.95. The first-order chi connectivity index (χ1) is 4.91. The molecule has 10 heavy (non-hydrogen) atoms. The Morgan fingerprint density at radius 1 is 1.20 bits per heavy atom. The van der Waals surface area contributed by atoms with E-state index in [1.54, 1.807) is 0 Å². The van der Waals surface area contributed by atoms with E-state index in [2.05, 4.69) is 32.1 Å². The topological polar surface area (TPSA) is 0 Å². The molecule has 0 aromatic rings. The van der Waals surface area contributed by atoms with Gasteiger partial charge in [0.1, 0.15) is 0 Å². The summed E-state index contributed by atoms with van der Waals surface area (Å²) in [4.78, 5) is 0. The summed E-state index contributed by atoms with van der Waals surface area (Å²) >= 11 is 0. The highest BCUT2D eigenvalue weighted by molar-refractivity contribution is 4.85. The average Bonchev–Trinajstić information content (AvgIpc) is 1.97. The Morgan fingerprint density at radius 2 is 2.00 bits per heavy atom. The normalized spacial score (nSPS) is 10.5. The quantitative estimate of drug-likeness (QED) is 0.388. The van der Waals surface area contributed by atoms with E-state index in [1.807, 2.05) is 6.08 Å². The highest BCUT2D eigenvalue weighted by Crippen LogP contribution is 1.98. The molecule has 0 aliphatic carbocycles. The summed E-state index contributed by atoms with van der Waals surface area (Å²) in [6.07, 6.45) is 13.3. The van der Waals surface area contributed by atoms with Crippen molar-refractivity contribution in [3.63, 3.8) is 0 Å². The molecular weight excluding hydrogens is 120 g/mol. The van der Waals surface area contributed by atoms with Gasteiger partial charge in [-0.3, -0.25) is 0 Å². The highest BCUT2D eigenvalue weighted by atomic mass is 13.8. The Labute approximate surface area is 64.6 Å². The molecule has 0 N–H and O–H groups in total. The summed E-state index contributed by atoms with van der Waals surface area (Å²) in [5.41, 5.74) is 0. The van der Waals surface area contributed by atoms with Crippen LogP contribution in [0.5, 0.6) is 0 Å². The molecule has 0 nitrogen and oxygen atoms in total. The van der Waals surface area contributed by atoms with E-state index in [4.69, 9.17) is 0 Å². The van der Waals surface area contributed by atoms with Gasteiger partial charge in [0.05, 0.1) is 0 Å². The van der Waals surface area contributed by atoms with Gasteiger partial charge in [-0.2, -0.15) is 0 Å². The first-order valence-electron chi connectivity index (χ1n) is 3.95. The Bertz CT molecular complexity index is 90.2. The van der Waals surface area contributed by atoms with Crippen molar-refractivity contribution in [3.05, 3.63) is 31.2 Å². The summed E-state index contributed by atoms with van der Waals surface area (Å²) in [6.45, 7) is 5.74. The molecule has 0 fully saturated rings. The second-order valence-electron chi connectivity index (χ2n) is 2.33. The van der Waals surface area contributed by atoms with Crippen molar-refractivity contribution in [3.8, 4) is 0 Å². The summed E-state index contributed by atoms with van der Waals surface area (Å²) in [5, 5.41) is 0. The zero-order valence-electron chi connectivity index (χ0n) is 6.84. The maximum Gasteiger partial charge on any atom is -0.0322 e. The van der Waals surface area contributed by atoms with Crippen LogP contribution in [0.25, 0.3) is 0 Å². The molecule has 0 heteroatoms. The summed E-state index contributed by atoms with van der Waals surface area (Å²) in [5.74, 6) is 0. The van der Waals surface area contributed by atoms with Gasteiger partial charge in [0.15, 0.2) is 0 Å². The maximum absolute atomic E-state index is 3.66. The molecule has 0 amide bonds. The van der Waals surface area contributed by atoms with Crippen LogP contribution in [0.15, 0.2) is 24.8 Å². The molecule has 57 valence electrons. The van der Waals surface area contributed by atoms with Crippen LogP contribution >= 0.6 is 0 Å². The SMILES string of the molecule is C=CCCCC=CC[CH]C. The van der Waals surface area contributed by atoms with Crippen molar-refractivity contribution in [2.24, 2.45) is 0 Å². The summed E-state index contributed by atoms with van der Waals surface area (Å²) < 4.78 is 0. The minimum atomic E-state index is 1.11.